The Morgan fingerprint density at radius 3 is 2.68 bits per heavy atom. The molecule has 0 radical (unpaired) electrons. The second-order valence-corrected chi connectivity index (χ2v) is 8.09. The minimum Gasteiger partial charge on any atom is -0.288 e. The van der Waals surface area contributed by atoms with Crippen molar-refractivity contribution in [3.8, 4) is 0 Å². The summed E-state index contributed by atoms with van der Waals surface area (Å²) in [5, 5.41) is -1.07. The largest absolute Gasteiger partial charge is 0.288 e. The minimum atomic E-state index is -3.61. The first-order valence-electron chi connectivity index (χ1n) is 6.61. The first kappa shape index (κ1) is 15.2. The molecule has 1 saturated heterocycles. The van der Waals surface area contributed by atoms with Gasteiger partial charge in [0.1, 0.15) is 5.75 Å². The molecule has 7 heteroatoms. The number of nitrogens with zero attached hydrogens (tertiary/aromatic N) is 2. The number of anilines is 1. The molecule has 1 unspecified atom stereocenters. The van der Waals surface area contributed by atoms with E-state index in [0.717, 1.165) is 10.0 Å². The molecule has 0 N–H and O–H groups in total. The van der Waals surface area contributed by atoms with Crippen molar-refractivity contribution in [2.75, 3.05) is 10.7 Å². The lowest BCUT2D eigenvalue weighted by Gasteiger charge is -2.24. The Labute approximate surface area is 137 Å². The summed E-state index contributed by atoms with van der Waals surface area (Å²) < 4.78 is 25.7. The number of sulfone groups is 1. The standard InChI is InChI=1S/C15H13BrN2O3S/c1-10-8-11(16)5-6-13(10)18-14(19)9-22(20,21)15(18)12-4-2-3-7-17-12/h2-8,15H,9H2,1H3. The molecule has 0 spiro atoms. The van der Waals surface area contributed by atoms with Crippen LogP contribution in [0.3, 0.4) is 0 Å². The molecule has 1 aliphatic heterocycles. The van der Waals surface area contributed by atoms with Gasteiger partial charge in [0.15, 0.2) is 15.2 Å². The maximum absolute atomic E-state index is 12.4. The number of pyridine rings is 1. The van der Waals surface area contributed by atoms with Crippen molar-refractivity contribution >= 4 is 37.4 Å². The van der Waals surface area contributed by atoms with E-state index in [1.807, 2.05) is 13.0 Å². The highest BCUT2D eigenvalue weighted by atomic mass is 79.9. The van der Waals surface area contributed by atoms with Crippen LogP contribution < -0.4 is 4.90 Å². The lowest BCUT2D eigenvalue weighted by Crippen LogP contribution is -2.30. The van der Waals surface area contributed by atoms with E-state index in [2.05, 4.69) is 20.9 Å². The first-order chi connectivity index (χ1) is 10.4. The third-order valence-corrected chi connectivity index (χ3v) is 5.80. The summed E-state index contributed by atoms with van der Waals surface area (Å²) in [6, 6.07) is 10.4. The Kier molecular flexibility index (Phi) is 3.78. The zero-order chi connectivity index (χ0) is 15.9. The zero-order valence-electron chi connectivity index (χ0n) is 11.7. The fourth-order valence-electron chi connectivity index (χ4n) is 2.60. The van der Waals surface area contributed by atoms with Crippen LogP contribution in [0.25, 0.3) is 0 Å². The van der Waals surface area contributed by atoms with Crippen molar-refractivity contribution in [1.29, 1.82) is 0 Å². The van der Waals surface area contributed by atoms with Gasteiger partial charge in [-0.15, -0.1) is 0 Å². The number of carbonyl (C=O) groups excluding carboxylic acids is 1. The molecule has 3 rings (SSSR count). The van der Waals surface area contributed by atoms with E-state index in [1.165, 1.54) is 11.1 Å². The van der Waals surface area contributed by atoms with Gasteiger partial charge in [0.2, 0.25) is 5.91 Å². The van der Waals surface area contributed by atoms with E-state index < -0.39 is 26.9 Å². The quantitative estimate of drug-likeness (QED) is 0.802. The summed E-state index contributed by atoms with van der Waals surface area (Å²) in [5.74, 6) is -0.926. The number of hydrogen-bond donors (Lipinski definition) is 0. The van der Waals surface area contributed by atoms with E-state index in [-0.39, 0.29) is 0 Å². The molecule has 0 aliphatic carbocycles. The fourth-order valence-corrected chi connectivity index (χ4v) is 4.78. The van der Waals surface area contributed by atoms with Crippen LogP contribution in [-0.4, -0.2) is 25.1 Å². The van der Waals surface area contributed by atoms with Crippen LogP contribution in [0.2, 0.25) is 0 Å². The maximum Gasteiger partial charge on any atom is 0.243 e. The number of aromatic nitrogens is 1. The molecular weight excluding hydrogens is 368 g/mol. The van der Waals surface area contributed by atoms with Gasteiger partial charge in [0.25, 0.3) is 0 Å². The second-order valence-electron chi connectivity index (χ2n) is 5.11. The molecule has 22 heavy (non-hydrogen) atoms. The van der Waals surface area contributed by atoms with Crippen molar-refractivity contribution in [2.45, 2.75) is 12.3 Å². The molecule has 1 amide bonds. The monoisotopic (exact) mass is 380 g/mol. The van der Waals surface area contributed by atoms with Crippen molar-refractivity contribution in [3.05, 3.63) is 58.3 Å². The molecular formula is C15H13BrN2O3S. The van der Waals surface area contributed by atoms with E-state index in [4.69, 9.17) is 0 Å². The third kappa shape index (κ3) is 2.55. The predicted molar refractivity (Wildman–Crippen MR) is 87.1 cm³/mol. The van der Waals surface area contributed by atoms with Crippen molar-refractivity contribution < 1.29 is 13.2 Å². The van der Waals surface area contributed by atoms with Gasteiger partial charge in [-0.3, -0.25) is 14.7 Å². The van der Waals surface area contributed by atoms with Crippen LogP contribution in [0, 0.1) is 6.92 Å². The highest BCUT2D eigenvalue weighted by molar-refractivity contribution is 9.10. The minimum absolute atomic E-state index is 0.357. The van der Waals surface area contributed by atoms with Gasteiger partial charge in [-0.1, -0.05) is 22.0 Å². The number of aryl methyl sites for hydroxylation is 1. The van der Waals surface area contributed by atoms with Crippen LogP contribution in [0.15, 0.2) is 47.1 Å². The molecule has 1 aromatic heterocycles. The maximum atomic E-state index is 12.4. The van der Waals surface area contributed by atoms with Crippen LogP contribution >= 0.6 is 15.9 Å². The zero-order valence-corrected chi connectivity index (χ0v) is 14.1. The van der Waals surface area contributed by atoms with Gasteiger partial charge in [0, 0.05) is 16.4 Å². The third-order valence-electron chi connectivity index (χ3n) is 3.53. The van der Waals surface area contributed by atoms with Gasteiger partial charge in [-0.2, -0.15) is 0 Å². The Bertz CT molecular complexity index is 837. The van der Waals surface area contributed by atoms with Crippen molar-refractivity contribution in [1.82, 2.24) is 4.98 Å². The van der Waals surface area contributed by atoms with Crippen LogP contribution in [0.4, 0.5) is 5.69 Å². The normalized spacial score (nSPS) is 20.4. The SMILES string of the molecule is Cc1cc(Br)ccc1N1C(=O)CS(=O)(=O)C1c1ccccn1. The van der Waals surface area contributed by atoms with Gasteiger partial charge < -0.3 is 0 Å². The number of hydrogen-bond acceptors (Lipinski definition) is 4. The summed E-state index contributed by atoms with van der Waals surface area (Å²) in [7, 11) is -3.61. The summed E-state index contributed by atoms with van der Waals surface area (Å²) in [4.78, 5) is 17.8. The van der Waals surface area contributed by atoms with Crippen LogP contribution in [-0.2, 0) is 14.6 Å². The number of amides is 1. The topological polar surface area (TPSA) is 67.3 Å². The highest BCUT2D eigenvalue weighted by Crippen LogP contribution is 2.38. The Morgan fingerprint density at radius 1 is 1.27 bits per heavy atom. The molecule has 2 aromatic rings. The summed E-state index contributed by atoms with van der Waals surface area (Å²) in [6.45, 7) is 1.84. The summed E-state index contributed by atoms with van der Waals surface area (Å²) in [5.41, 5.74) is 1.77. The van der Waals surface area contributed by atoms with Crippen molar-refractivity contribution in [2.24, 2.45) is 0 Å². The molecule has 0 bridgehead atoms. The molecule has 1 atom stereocenters. The Balaban J connectivity index is 2.17. The molecule has 0 saturated carbocycles. The molecule has 5 nitrogen and oxygen atoms in total. The molecule has 2 heterocycles. The van der Waals surface area contributed by atoms with E-state index >= 15 is 0 Å². The Hall–Kier alpha value is -1.73. The first-order valence-corrected chi connectivity index (χ1v) is 9.12. The van der Waals surface area contributed by atoms with Crippen LogP contribution in [0.5, 0.6) is 0 Å². The summed E-state index contributed by atoms with van der Waals surface area (Å²) in [6.07, 6.45) is 1.53. The number of carbonyl (C=O) groups is 1. The smallest absolute Gasteiger partial charge is 0.243 e. The number of halogens is 1. The molecule has 1 aliphatic rings. The predicted octanol–water partition coefficient (Wildman–Crippen LogP) is 2.61. The molecule has 114 valence electrons. The Morgan fingerprint density at radius 2 is 2.05 bits per heavy atom. The van der Waals surface area contributed by atoms with E-state index in [1.54, 1.807) is 30.3 Å². The highest BCUT2D eigenvalue weighted by Gasteiger charge is 2.46. The number of benzene rings is 1. The van der Waals surface area contributed by atoms with Gasteiger partial charge >= 0.3 is 0 Å². The molecule has 1 aromatic carbocycles. The lowest BCUT2D eigenvalue weighted by atomic mass is 10.1. The molecule has 1 fully saturated rings. The van der Waals surface area contributed by atoms with E-state index in [0.29, 0.717) is 11.4 Å². The lowest BCUT2D eigenvalue weighted by molar-refractivity contribution is -0.115. The van der Waals surface area contributed by atoms with E-state index in [9.17, 15) is 13.2 Å². The van der Waals surface area contributed by atoms with Gasteiger partial charge in [-0.25, -0.2) is 8.42 Å². The van der Waals surface area contributed by atoms with Gasteiger partial charge in [-0.05, 0) is 42.8 Å². The van der Waals surface area contributed by atoms with Gasteiger partial charge in [0.05, 0.1) is 5.69 Å². The van der Waals surface area contributed by atoms with Crippen LogP contribution in [0.1, 0.15) is 16.6 Å². The fraction of sp³-hybridized carbons (Fsp3) is 0.200. The number of rotatable bonds is 2. The second kappa shape index (κ2) is 5.48. The average molecular weight is 381 g/mol. The summed E-state index contributed by atoms with van der Waals surface area (Å²) >= 11 is 3.37. The average Bonchev–Trinajstić information content (AvgIpc) is 2.69. The van der Waals surface area contributed by atoms with Crippen molar-refractivity contribution in [3.63, 3.8) is 0 Å².